The molecule has 166 valence electrons. The zero-order chi connectivity index (χ0) is 19.5. The summed E-state index contributed by atoms with van der Waals surface area (Å²) in [5.41, 5.74) is 4.06. The molecule has 6 heteroatoms. The average Bonchev–Trinajstić information content (AvgIpc) is 3.06. The first-order valence-corrected chi connectivity index (χ1v) is 10.5. The SMILES string of the molecule is COc1cc2c(cc1OC)C(CCN1CCC(c3ccccc3)CC1)C(C)N2.Cl.Cl. The highest BCUT2D eigenvalue weighted by atomic mass is 35.5. The summed E-state index contributed by atoms with van der Waals surface area (Å²) in [6.07, 6.45) is 3.71. The molecule has 0 radical (unpaired) electrons. The van der Waals surface area contributed by atoms with Crippen LogP contribution in [0.15, 0.2) is 42.5 Å². The third kappa shape index (κ3) is 5.16. The number of nitrogens with zero attached hydrogens (tertiary/aromatic N) is 1. The van der Waals surface area contributed by atoms with Crippen molar-refractivity contribution in [3.63, 3.8) is 0 Å². The minimum Gasteiger partial charge on any atom is -0.493 e. The first-order valence-electron chi connectivity index (χ1n) is 10.5. The molecule has 2 aliphatic heterocycles. The Kier molecular flexibility index (Phi) is 9.14. The van der Waals surface area contributed by atoms with Crippen molar-refractivity contribution in [2.75, 3.05) is 39.2 Å². The molecule has 1 fully saturated rings. The molecule has 0 aromatic heterocycles. The number of fused-ring (bicyclic) bond motifs is 1. The van der Waals surface area contributed by atoms with Crippen LogP contribution in [0.25, 0.3) is 0 Å². The lowest BCUT2D eigenvalue weighted by Gasteiger charge is -2.33. The van der Waals surface area contributed by atoms with Gasteiger partial charge in [-0.1, -0.05) is 30.3 Å². The largest absolute Gasteiger partial charge is 0.493 e. The number of rotatable bonds is 6. The van der Waals surface area contributed by atoms with Crippen LogP contribution >= 0.6 is 24.8 Å². The van der Waals surface area contributed by atoms with Crippen molar-refractivity contribution >= 4 is 30.5 Å². The Hall–Kier alpha value is -1.62. The zero-order valence-electron chi connectivity index (χ0n) is 18.1. The van der Waals surface area contributed by atoms with Gasteiger partial charge in [-0.2, -0.15) is 0 Å². The van der Waals surface area contributed by atoms with Gasteiger partial charge in [0.1, 0.15) is 0 Å². The van der Waals surface area contributed by atoms with Gasteiger partial charge in [0.25, 0.3) is 0 Å². The summed E-state index contributed by atoms with van der Waals surface area (Å²) in [6.45, 7) is 5.84. The highest BCUT2D eigenvalue weighted by Gasteiger charge is 2.31. The fourth-order valence-corrected chi connectivity index (χ4v) is 4.88. The van der Waals surface area contributed by atoms with Gasteiger partial charge in [0.15, 0.2) is 11.5 Å². The van der Waals surface area contributed by atoms with Crippen LogP contribution in [0.1, 0.15) is 49.1 Å². The van der Waals surface area contributed by atoms with Crippen molar-refractivity contribution in [3.05, 3.63) is 53.6 Å². The molecule has 2 unspecified atom stereocenters. The predicted octanol–water partition coefficient (Wildman–Crippen LogP) is 5.71. The highest BCUT2D eigenvalue weighted by molar-refractivity contribution is 5.85. The van der Waals surface area contributed by atoms with Crippen LogP contribution in [0.4, 0.5) is 5.69 Å². The Labute approximate surface area is 193 Å². The summed E-state index contributed by atoms with van der Waals surface area (Å²) in [6, 6.07) is 15.7. The quantitative estimate of drug-likeness (QED) is 0.607. The van der Waals surface area contributed by atoms with E-state index >= 15 is 0 Å². The monoisotopic (exact) mass is 452 g/mol. The van der Waals surface area contributed by atoms with Gasteiger partial charge >= 0.3 is 0 Å². The molecule has 4 nitrogen and oxygen atoms in total. The molecule has 2 aromatic carbocycles. The van der Waals surface area contributed by atoms with Gasteiger partial charge in [0.05, 0.1) is 14.2 Å². The zero-order valence-corrected chi connectivity index (χ0v) is 19.7. The van der Waals surface area contributed by atoms with E-state index in [1.54, 1.807) is 14.2 Å². The van der Waals surface area contributed by atoms with E-state index in [0.717, 1.165) is 24.0 Å². The highest BCUT2D eigenvalue weighted by Crippen LogP contribution is 2.44. The summed E-state index contributed by atoms with van der Waals surface area (Å²) in [4.78, 5) is 2.64. The molecule has 0 aliphatic carbocycles. The lowest BCUT2D eigenvalue weighted by molar-refractivity contribution is 0.204. The second-order valence-corrected chi connectivity index (χ2v) is 8.15. The van der Waals surface area contributed by atoms with E-state index in [0.29, 0.717) is 12.0 Å². The van der Waals surface area contributed by atoms with E-state index in [2.05, 4.69) is 59.6 Å². The number of anilines is 1. The number of benzene rings is 2. The number of likely N-dealkylation sites (tertiary alicyclic amines) is 1. The first kappa shape index (κ1) is 24.6. The third-order valence-corrected chi connectivity index (χ3v) is 6.56. The van der Waals surface area contributed by atoms with Crippen molar-refractivity contribution < 1.29 is 9.47 Å². The van der Waals surface area contributed by atoms with E-state index in [-0.39, 0.29) is 24.8 Å². The van der Waals surface area contributed by atoms with Crippen LogP contribution in [-0.2, 0) is 0 Å². The molecule has 2 aromatic rings. The van der Waals surface area contributed by atoms with Gasteiger partial charge in [-0.15, -0.1) is 24.8 Å². The lowest BCUT2D eigenvalue weighted by atomic mass is 9.88. The van der Waals surface area contributed by atoms with Crippen molar-refractivity contribution in [2.24, 2.45) is 0 Å². The first-order chi connectivity index (χ1) is 13.7. The number of piperidine rings is 1. The summed E-state index contributed by atoms with van der Waals surface area (Å²) >= 11 is 0. The number of halogens is 2. The van der Waals surface area contributed by atoms with Gasteiger partial charge in [-0.25, -0.2) is 0 Å². The van der Waals surface area contributed by atoms with E-state index in [9.17, 15) is 0 Å². The fraction of sp³-hybridized carbons (Fsp3) is 0.500. The normalized spacial score (nSPS) is 21.0. The Morgan fingerprint density at radius 3 is 2.23 bits per heavy atom. The fourth-order valence-electron chi connectivity index (χ4n) is 4.88. The second kappa shape index (κ2) is 11.1. The summed E-state index contributed by atoms with van der Waals surface area (Å²) in [7, 11) is 3.40. The van der Waals surface area contributed by atoms with Crippen molar-refractivity contribution in [2.45, 2.75) is 44.1 Å². The summed E-state index contributed by atoms with van der Waals surface area (Å²) < 4.78 is 11.0. The van der Waals surface area contributed by atoms with Crippen LogP contribution < -0.4 is 14.8 Å². The van der Waals surface area contributed by atoms with Crippen LogP contribution in [0, 0.1) is 0 Å². The molecule has 4 rings (SSSR count). The number of nitrogens with one attached hydrogen (secondary N) is 1. The molecule has 2 aliphatic rings. The van der Waals surface area contributed by atoms with E-state index in [1.165, 1.54) is 49.2 Å². The molecule has 0 amide bonds. The smallest absolute Gasteiger partial charge is 0.162 e. The van der Waals surface area contributed by atoms with Crippen LogP contribution in [0.2, 0.25) is 0 Å². The molecule has 2 heterocycles. The molecule has 0 bridgehead atoms. The van der Waals surface area contributed by atoms with Gasteiger partial charge in [-0.3, -0.25) is 0 Å². The van der Waals surface area contributed by atoms with Gasteiger partial charge in [-0.05, 0) is 68.9 Å². The minimum absolute atomic E-state index is 0. The number of hydrogen-bond acceptors (Lipinski definition) is 4. The number of hydrogen-bond donors (Lipinski definition) is 1. The predicted molar refractivity (Wildman–Crippen MR) is 129 cm³/mol. The molecular formula is C24H34Cl2N2O2. The summed E-state index contributed by atoms with van der Waals surface area (Å²) in [5, 5.41) is 3.64. The standard InChI is InChI=1S/C24H32N2O2.2ClH/c1-17-20(21-15-23(27-2)24(28-3)16-22(21)25-17)11-14-26-12-9-19(10-13-26)18-7-5-4-6-8-18;;/h4-8,15-17,19-20,25H,9-14H2,1-3H3;2*1H. The lowest BCUT2D eigenvalue weighted by Crippen LogP contribution is -2.35. The minimum atomic E-state index is 0. The molecule has 0 spiro atoms. The van der Waals surface area contributed by atoms with Gasteiger partial charge in [0, 0.05) is 23.7 Å². The van der Waals surface area contributed by atoms with Crippen LogP contribution in [0.5, 0.6) is 11.5 Å². The van der Waals surface area contributed by atoms with E-state index < -0.39 is 0 Å². The Morgan fingerprint density at radius 1 is 0.967 bits per heavy atom. The van der Waals surface area contributed by atoms with Gasteiger partial charge in [0.2, 0.25) is 0 Å². The maximum atomic E-state index is 5.53. The Bertz CT molecular complexity index is 795. The average molecular weight is 453 g/mol. The third-order valence-electron chi connectivity index (χ3n) is 6.56. The van der Waals surface area contributed by atoms with E-state index in [4.69, 9.17) is 9.47 Å². The molecule has 1 N–H and O–H groups in total. The molecule has 2 atom stereocenters. The van der Waals surface area contributed by atoms with E-state index in [1.807, 2.05) is 0 Å². The van der Waals surface area contributed by atoms with Crippen LogP contribution in [-0.4, -0.2) is 44.8 Å². The topological polar surface area (TPSA) is 33.7 Å². The van der Waals surface area contributed by atoms with Crippen molar-refractivity contribution in [1.29, 1.82) is 0 Å². The molecule has 30 heavy (non-hydrogen) atoms. The second-order valence-electron chi connectivity index (χ2n) is 8.15. The number of methoxy groups -OCH3 is 2. The molecular weight excluding hydrogens is 419 g/mol. The van der Waals surface area contributed by atoms with Crippen molar-refractivity contribution in [1.82, 2.24) is 4.90 Å². The Balaban J connectivity index is 0.00000160. The molecule has 1 saturated heterocycles. The van der Waals surface area contributed by atoms with Crippen molar-refractivity contribution in [3.8, 4) is 11.5 Å². The molecule has 0 saturated carbocycles. The summed E-state index contributed by atoms with van der Waals surface area (Å²) in [5.74, 6) is 2.86. The maximum Gasteiger partial charge on any atom is 0.162 e. The maximum absolute atomic E-state index is 5.53. The Morgan fingerprint density at radius 2 is 1.60 bits per heavy atom. The van der Waals surface area contributed by atoms with Gasteiger partial charge < -0.3 is 19.7 Å². The number of ether oxygens (including phenoxy) is 2. The van der Waals surface area contributed by atoms with Crippen LogP contribution in [0.3, 0.4) is 0 Å².